The molecule has 0 aromatic heterocycles. The van der Waals surface area contributed by atoms with Crippen molar-refractivity contribution >= 4 is 5.97 Å². The quantitative estimate of drug-likeness (QED) is 0.786. The second-order valence-electron chi connectivity index (χ2n) is 3.44. The summed E-state index contributed by atoms with van der Waals surface area (Å²) in [6.07, 6.45) is -1.04. The molecule has 0 aliphatic carbocycles. The number of aliphatic hydroxyl groups is 1. The molecule has 0 heterocycles. The molecular weight excluding hydrogens is 224 g/mol. The fourth-order valence-electron chi connectivity index (χ4n) is 1.38. The van der Waals surface area contributed by atoms with Gasteiger partial charge in [-0.25, -0.2) is 0 Å². The topological polar surface area (TPSA) is 65.0 Å². The van der Waals surface area contributed by atoms with Gasteiger partial charge in [0.2, 0.25) is 0 Å². The summed E-state index contributed by atoms with van der Waals surface area (Å²) >= 11 is 0. The molecule has 0 aliphatic rings. The molecule has 0 radical (unpaired) electrons. The maximum Gasteiger partial charge on any atom is 0.308 e. The summed E-state index contributed by atoms with van der Waals surface area (Å²) in [6, 6.07) is 4.99. The molecule has 0 fully saturated rings. The van der Waals surface area contributed by atoms with Crippen LogP contribution in [-0.4, -0.2) is 32.4 Å². The van der Waals surface area contributed by atoms with E-state index >= 15 is 0 Å². The maximum absolute atomic E-state index is 11.1. The van der Waals surface area contributed by atoms with Gasteiger partial charge in [0, 0.05) is 6.07 Å². The maximum atomic E-state index is 11.1. The van der Waals surface area contributed by atoms with E-state index in [0.717, 1.165) is 0 Å². The van der Waals surface area contributed by atoms with Crippen LogP contribution >= 0.6 is 0 Å². The Kier molecular flexibility index (Phi) is 4.78. The molecule has 1 N–H and O–H groups in total. The molecule has 1 aromatic rings. The lowest BCUT2D eigenvalue weighted by Crippen LogP contribution is -2.08. The summed E-state index contributed by atoms with van der Waals surface area (Å²) in [4.78, 5) is 11.1. The second kappa shape index (κ2) is 6.10. The lowest BCUT2D eigenvalue weighted by atomic mass is 10.1. The third-order valence-electron chi connectivity index (χ3n) is 2.35. The van der Waals surface area contributed by atoms with Crippen LogP contribution in [0.2, 0.25) is 0 Å². The highest BCUT2D eigenvalue weighted by Gasteiger charge is 2.15. The second-order valence-corrected chi connectivity index (χ2v) is 3.44. The molecule has 1 aromatic carbocycles. The molecule has 5 heteroatoms. The monoisotopic (exact) mass is 240 g/mol. The predicted molar refractivity (Wildman–Crippen MR) is 61.1 cm³/mol. The molecule has 0 saturated heterocycles. The SMILES string of the molecule is COC(=O)CC(O)c1cc(OC)cc(OC)c1. The minimum Gasteiger partial charge on any atom is -0.497 e. The van der Waals surface area contributed by atoms with Gasteiger partial charge in [-0.15, -0.1) is 0 Å². The molecule has 94 valence electrons. The summed E-state index contributed by atoms with van der Waals surface area (Å²) in [5.41, 5.74) is 0.548. The number of hydrogen-bond donors (Lipinski definition) is 1. The van der Waals surface area contributed by atoms with E-state index < -0.39 is 12.1 Å². The summed E-state index contributed by atoms with van der Waals surface area (Å²) in [7, 11) is 4.32. The Balaban J connectivity index is 2.91. The highest BCUT2D eigenvalue weighted by molar-refractivity contribution is 5.70. The molecule has 1 atom stereocenters. The first-order valence-electron chi connectivity index (χ1n) is 5.08. The van der Waals surface area contributed by atoms with Crippen LogP contribution in [0.3, 0.4) is 0 Å². The van der Waals surface area contributed by atoms with Crippen molar-refractivity contribution in [3.05, 3.63) is 23.8 Å². The lowest BCUT2D eigenvalue weighted by molar-refractivity contribution is -0.142. The fraction of sp³-hybridized carbons (Fsp3) is 0.417. The minimum atomic E-state index is -0.938. The highest BCUT2D eigenvalue weighted by Crippen LogP contribution is 2.27. The van der Waals surface area contributed by atoms with E-state index in [2.05, 4.69) is 4.74 Å². The Morgan fingerprint density at radius 2 is 1.71 bits per heavy atom. The van der Waals surface area contributed by atoms with Gasteiger partial charge in [-0.3, -0.25) is 4.79 Å². The average molecular weight is 240 g/mol. The van der Waals surface area contributed by atoms with E-state index in [1.807, 2.05) is 0 Å². The van der Waals surface area contributed by atoms with Crippen molar-refractivity contribution in [1.29, 1.82) is 0 Å². The number of ether oxygens (including phenoxy) is 3. The van der Waals surface area contributed by atoms with Crippen LogP contribution in [0.15, 0.2) is 18.2 Å². The van der Waals surface area contributed by atoms with Crippen molar-refractivity contribution in [1.82, 2.24) is 0 Å². The molecule has 1 rings (SSSR count). The summed E-state index contributed by atoms with van der Waals surface area (Å²) in [5, 5.41) is 9.85. The molecule has 1 unspecified atom stereocenters. The van der Waals surface area contributed by atoms with Gasteiger partial charge >= 0.3 is 5.97 Å². The third kappa shape index (κ3) is 3.64. The van der Waals surface area contributed by atoms with Gasteiger partial charge < -0.3 is 19.3 Å². The molecule has 5 nitrogen and oxygen atoms in total. The fourth-order valence-corrected chi connectivity index (χ4v) is 1.38. The number of aliphatic hydroxyl groups excluding tert-OH is 1. The van der Waals surface area contributed by atoms with Crippen molar-refractivity contribution in [3.8, 4) is 11.5 Å². The van der Waals surface area contributed by atoms with E-state index in [1.54, 1.807) is 18.2 Å². The normalized spacial score (nSPS) is 11.8. The van der Waals surface area contributed by atoms with E-state index in [9.17, 15) is 9.90 Å². The zero-order valence-corrected chi connectivity index (χ0v) is 10.1. The van der Waals surface area contributed by atoms with Crippen molar-refractivity contribution in [2.24, 2.45) is 0 Å². The molecule has 0 spiro atoms. The Morgan fingerprint density at radius 1 is 1.18 bits per heavy atom. The number of carbonyl (C=O) groups is 1. The van der Waals surface area contributed by atoms with Crippen molar-refractivity contribution in [3.63, 3.8) is 0 Å². The standard InChI is InChI=1S/C12H16O5/c1-15-9-4-8(5-10(6-9)16-2)11(13)7-12(14)17-3/h4-6,11,13H,7H2,1-3H3. The first-order chi connectivity index (χ1) is 8.10. The van der Waals surface area contributed by atoms with E-state index in [-0.39, 0.29) is 6.42 Å². The van der Waals surface area contributed by atoms with Gasteiger partial charge in [-0.1, -0.05) is 0 Å². The first-order valence-corrected chi connectivity index (χ1v) is 5.08. The smallest absolute Gasteiger partial charge is 0.308 e. The Labute approximate surface area is 99.9 Å². The van der Waals surface area contributed by atoms with Gasteiger partial charge in [-0.2, -0.15) is 0 Å². The molecular formula is C12H16O5. The summed E-state index contributed by atoms with van der Waals surface area (Å²) in [6.45, 7) is 0. The van der Waals surface area contributed by atoms with Gasteiger partial charge in [-0.05, 0) is 17.7 Å². The van der Waals surface area contributed by atoms with Crippen LogP contribution in [0.1, 0.15) is 18.1 Å². The van der Waals surface area contributed by atoms with E-state index in [4.69, 9.17) is 9.47 Å². The average Bonchev–Trinajstić information content (AvgIpc) is 2.37. The van der Waals surface area contributed by atoms with Gasteiger partial charge in [0.1, 0.15) is 11.5 Å². The molecule has 0 amide bonds. The number of benzene rings is 1. The largest absolute Gasteiger partial charge is 0.497 e. The Bertz CT molecular complexity index is 366. The van der Waals surface area contributed by atoms with Crippen LogP contribution in [0.25, 0.3) is 0 Å². The molecule has 17 heavy (non-hydrogen) atoms. The van der Waals surface area contributed by atoms with Crippen molar-refractivity contribution in [2.45, 2.75) is 12.5 Å². The molecule has 0 saturated carbocycles. The van der Waals surface area contributed by atoms with E-state index in [0.29, 0.717) is 17.1 Å². The molecule has 0 bridgehead atoms. The number of carbonyl (C=O) groups excluding carboxylic acids is 1. The van der Waals surface area contributed by atoms with Crippen LogP contribution in [0.5, 0.6) is 11.5 Å². The van der Waals surface area contributed by atoms with Crippen LogP contribution < -0.4 is 9.47 Å². The highest BCUT2D eigenvalue weighted by atomic mass is 16.5. The van der Waals surface area contributed by atoms with Gasteiger partial charge in [0.05, 0.1) is 33.9 Å². The number of hydrogen-bond acceptors (Lipinski definition) is 5. The summed E-state index contributed by atoms with van der Waals surface area (Å²) in [5.74, 6) is 0.644. The zero-order chi connectivity index (χ0) is 12.8. The van der Waals surface area contributed by atoms with Crippen LogP contribution in [0, 0.1) is 0 Å². The third-order valence-corrected chi connectivity index (χ3v) is 2.35. The summed E-state index contributed by atoms with van der Waals surface area (Å²) < 4.78 is 14.6. The Morgan fingerprint density at radius 3 is 2.12 bits per heavy atom. The first kappa shape index (κ1) is 13.3. The lowest BCUT2D eigenvalue weighted by Gasteiger charge is -2.12. The number of esters is 1. The Hall–Kier alpha value is -1.75. The predicted octanol–water partition coefficient (Wildman–Crippen LogP) is 1.30. The minimum absolute atomic E-state index is 0.104. The van der Waals surface area contributed by atoms with Crippen LogP contribution in [0.4, 0.5) is 0 Å². The van der Waals surface area contributed by atoms with Gasteiger partial charge in [0.15, 0.2) is 0 Å². The number of methoxy groups -OCH3 is 3. The number of rotatable bonds is 5. The van der Waals surface area contributed by atoms with E-state index in [1.165, 1.54) is 21.3 Å². The van der Waals surface area contributed by atoms with Gasteiger partial charge in [0.25, 0.3) is 0 Å². The van der Waals surface area contributed by atoms with Crippen molar-refractivity contribution < 1.29 is 24.1 Å². The van der Waals surface area contributed by atoms with Crippen molar-refractivity contribution in [2.75, 3.05) is 21.3 Å². The van der Waals surface area contributed by atoms with Crippen LogP contribution in [-0.2, 0) is 9.53 Å². The molecule has 0 aliphatic heterocycles. The zero-order valence-electron chi connectivity index (χ0n) is 10.1.